The lowest BCUT2D eigenvalue weighted by Gasteiger charge is -2.01. The third kappa shape index (κ3) is 2.43. The van der Waals surface area contributed by atoms with Crippen LogP contribution < -0.4 is 0 Å². The Balaban J connectivity index is 2.87. The molecule has 0 aliphatic carbocycles. The van der Waals surface area contributed by atoms with Crippen molar-refractivity contribution in [2.75, 3.05) is 7.11 Å². The zero-order valence-electron chi connectivity index (χ0n) is 7.08. The van der Waals surface area contributed by atoms with Crippen molar-refractivity contribution in [3.63, 3.8) is 0 Å². The molecule has 0 saturated heterocycles. The molecule has 0 fully saturated rings. The number of phenolic OH excluding ortho intramolecular Hbond substituents is 1. The third-order valence-corrected chi connectivity index (χ3v) is 1.59. The van der Waals surface area contributed by atoms with E-state index in [1.54, 1.807) is 0 Å². The summed E-state index contributed by atoms with van der Waals surface area (Å²) in [7, 11) is 1.23. The molecule has 1 rings (SSSR count). The lowest BCUT2D eigenvalue weighted by Crippen LogP contribution is -2.05. The predicted octanol–water partition coefficient (Wildman–Crippen LogP) is 1.25. The topological polar surface area (TPSA) is 46.5 Å². The Morgan fingerprint density at radius 3 is 2.92 bits per heavy atom. The van der Waals surface area contributed by atoms with Crippen LogP contribution >= 0.6 is 0 Å². The molecule has 0 radical (unpaired) electrons. The Bertz CT molecular complexity index is 323. The van der Waals surface area contributed by atoms with Crippen LogP contribution in [0.5, 0.6) is 5.75 Å². The van der Waals surface area contributed by atoms with Crippen molar-refractivity contribution in [3.05, 3.63) is 29.6 Å². The van der Waals surface area contributed by atoms with E-state index in [0.29, 0.717) is 0 Å². The zero-order valence-corrected chi connectivity index (χ0v) is 7.08. The largest absolute Gasteiger partial charge is 0.508 e. The number of hydrogen-bond donors (Lipinski definition) is 1. The minimum Gasteiger partial charge on any atom is -0.508 e. The molecule has 1 aromatic rings. The van der Waals surface area contributed by atoms with Crippen molar-refractivity contribution in [1.29, 1.82) is 0 Å². The van der Waals surface area contributed by atoms with Gasteiger partial charge in [-0.1, -0.05) is 0 Å². The van der Waals surface area contributed by atoms with E-state index >= 15 is 0 Å². The van der Waals surface area contributed by atoms with Crippen LogP contribution in [0.3, 0.4) is 0 Å². The molecule has 1 aromatic carbocycles. The molecular formula is C9H9FO3. The number of aromatic hydroxyl groups is 1. The Labute approximate surface area is 74.8 Å². The van der Waals surface area contributed by atoms with E-state index in [-0.39, 0.29) is 17.7 Å². The first kappa shape index (κ1) is 9.51. The zero-order chi connectivity index (χ0) is 9.84. The molecule has 3 nitrogen and oxygen atoms in total. The van der Waals surface area contributed by atoms with E-state index in [1.165, 1.54) is 19.2 Å². The van der Waals surface area contributed by atoms with Gasteiger partial charge in [0.25, 0.3) is 0 Å². The number of benzene rings is 1. The first-order valence-corrected chi connectivity index (χ1v) is 3.67. The number of rotatable bonds is 2. The minimum absolute atomic E-state index is 0.0692. The lowest BCUT2D eigenvalue weighted by molar-refractivity contribution is -0.139. The molecule has 1 N–H and O–H groups in total. The van der Waals surface area contributed by atoms with E-state index < -0.39 is 11.8 Å². The second kappa shape index (κ2) is 3.89. The molecule has 0 aromatic heterocycles. The SMILES string of the molecule is COC(=O)Cc1cc(O)ccc1F. The van der Waals surface area contributed by atoms with E-state index in [9.17, 15) is 9.18 Å². The van der Waals surface area contributed by atoms with Crippen molar-refractivity contribution >= 4 is 5.97 Å². The van der Waals surface area contributed by atoms with Gasteiger partial charge in [-0.25, -0.2) is 4.39 Å². The van der Waals surface area contributed by atoms with Crippen LogP contribution in [0, 0.1) is 5.82 Å². The van der Waals surface area contributed by atoms with Crippen LogP contribution in [-0.2, 0) is 16.0 Å². The minimum atomic E-state index is -0.537. The van der Waals surface area contributed by atoms with Gasteiger partial charge < -0.3 is 9.84 Å². The monoisotopic (exact) mass is 184 g/mol. The molecule has 0 saturated carbocycles. The number of phenols is 1. The summed E-state index contributed by atoms with van der Waals surface area (Å²) in [5.41, 5.74) is 0.131. The van der Waals surface area contributed by atoms with Crippen molar-refractivity contribution in [1.82, 2.24) is 0 Å². The molecule has 0 spiro atoms. The van der Waals surface area contributed by atoms with Gasteiger partial charge in [0, 0.05) is 5.56 Å². The lowest BCUT2D eigenvalue weighted by atomic mass is 10.1. The first-order valence-electron chi connectivity index (χ1n) is 3.67. The van der Waals surface area contributed by atoms with Gasteiger partial charge in [0.1, 0.15) is 11.6 Å². The smallest absolute Gasteiger partial charge is 0.310 e. The highest BCUT2D eigenvalue weighted by molar-refractivity contribution is 5.72. The molecule has 0 atom stereocenters. The number of ether oxygens (including phenoxy) is 1. The van der Waals surface area contributed by atoms with Gasteiger partial charge in [-0.2, -0.15) is 0 Å². The summed E-state index contributed by atoms with van der Waals surface area (Å²) in [6.45, 7) is 0. The predicted molar refractivity (Wildman–Crippen MR) is 43.8 cm³/mol. The second-order valence-corrected chi connectivity index (χ2v) is 2.53. The molecule has 0 aliphatic heterocycles. The summed E-state index contributed by atoms with van der Waals surface area (Å²) >= 11 is 0. The molecule has 0 unspecified atom stereocenters. The van der Waals surface area contributed by atoms with Crippen LogP contribution in [0.4, 0.5) is 4.39 Å². The Hall–Kier alpha value is -1.58. The van der Waals surface area contributed by atoms with Crippen LogP contribution in [0.1, 0.15) is 5.56 Å². The van der Waals surface area contributed by atoms with Crippen LogP contribution in [0.2, 0.25) is 0 Å². The van der Waals surface area contributed by atoms with E-state index in [2.05, 4.69) is 4.74 Å². The molecule has 0 bridgehead atoms. The van der Waals surface area contributed by atoms with Gasteiger partial charge in [0.2, 0.25) is 0 Å². The fraction of sp³-hybridized carbons (Fsp3) is 0.222. The summed E-state index contributed by atoms with van der Waals surface area (Å²) in [6.07, 6.45) is -0.170. The van der Waals surface area contributed by atoms with Crippen molar-refractivity contribution in [3.8, 4) is 5.75 Å². The maximum absolute atomic E-state index is 12.9. The number of methoxy groups -OCH3 is 1. The first-order chi connectivity index (χ1) is 6.13. The Morgan fingerprint density at radius 2 is 2.31 bits per heavy atom. The van der Waals surface area contributed by atoms with Gasteiger partial charge in [0.15, 0.2) is 0 Å². The van der Waals surface area contributed by atoms with E-state index in [4.69, 9.17) is 5.11 Å². The van der Waals surface area contributed by atoms with Crippen molar-refractivity contribution < 1.29 is 19.0 Å². The molecule has 0 heterocycles. The van der Waals surface area contributed by atoms with Gasteiger partial charge in [-0.05, 0) is 18.2 Å². The molecule has 70 valence electrons. The number of carbonyl (C=O) groups excluding carboxylic acids is 1. The molecule has 4 heteroatoms. The quantitative estimate of drug-likeness (QED) is 0.703. The van der Waals surface area contributed by atoms with Crippen LogP contribution in [-0.4, -0.2) is 18.2 Å². The third-order valence-electron chi connectivity index (χ3n) is 1.59. The van der Waals surface area contributed by atoms with Crippen molar-refractivity contribution in [2.24, 2.45) is 0 Å². The average Bonchev–Trinajstić information content (AvgIpc) is 2.11. The summed E-state index contributed by atoms with van der Waals surface area (Å²) in [6, 6.07) is 3.52. The maximum Gasteiger partial charge on any atom is 0.310 e. The molecular weight excluding hydrogens is 175 g/mol. The summed E-state index contributed by atoms with van der Waals surface area (Å²) < 4.78 is 17.3. The van der Waals surface area contributed by atoms with Crippen molar-refractivity contribution in [2.45, 2.75) is 6.42 Å². The van der Waals surface area contributed by atoms with E-state index in [0.717, 1.165) is 6.07 Å². The average molecular weight is 184 g/mol. The highest BCUT2D eigenvalue weighted by atomic mass is 19.1. The highest BCUT2D eigenvalue weighted by Gasteiger charge is 2.08. The van der Waals surface area contributed by atoms with Gasteiger partial charge >= 0.3 is 5.97 Å². The number of esters is 1. The molecule has 0 aliphatic rings. The summed E-state index contributed by atoms with van der Waals surface area (Å²) in [4.78, 5) is 10.8. The van der Waals surface area contributed by atoms with Gasteiger partial charge in [0.05, 0.1) is 13.5 Å². The highest BCUT2D eigenvalue weighted by Crippen LogP contribution is 2.15. The fourth-order valence-corrected chi connectivity index (χ4v) is 0.924. The Morgan fingerprint density at radius 1 is 1.62 bits per heavy atom. The van der Waals surface area contributed by atoms with Gasteiger partial charge in [-0.15, -0.1) is 0 Å². The summed E-state index contributed by atoms with van der Waals surface area (Å²) in [5, 5.41) is 9.00. The number of carbonyl (C=O) groups is 1. The van der Waals surface area contributed by atoms with Gasteiger partial charge in [-0.3, -0.25) is 4.79 Å². The Kier molecular flexibility index (Phi) is 2.84. The van der Waals surface area contributed by atoms with Crippen LogP contribution in [0.25, 0.3) is 0 Å². The molecule has 0 amide bonds. The number of halogens is 1. The second-order valence-electron chi connectivity index (χ2n) is 2.53. The normalized spacial score (nSPS) is 9.69. The maximum atomic E-state index is 12.9. The standard InChI is InChI=1S/C9H9FO3/c1-13-9(12)5-6-4-7(11)2-3-8(6)10/h2-4,11H,5H2,1H3. The number of hydrogen-bond acceptors (Lipinski definition) is 3. The van der Waals surface area contributed by atoms with E-state index in [1.807, 2.05) is 0 Å². The van der Waals surface area contributed by atoms with Crippen LogP contribution in [0.15, 0.2) is 18.2 Å². The summed E-state index contributed by atoms with van der Waals surface area (Å²) in [5.74, 6) is -1.13. The fourth-order valence-electron chi connectivity index (χ4n) is 0.924. The molecule has 13 heavy (non-hydrogen) atoms.